The molecule has 4 bridgehead atoms. The largest absolute Gasteiger partial charge is 0.390 e. The first kappa shape index (κ1) is 15.8. The van der Waals surface area contributed by atoms with Gasteiger partial charge in [-0.25, -0.2) is 0 Å². The molecule has 1 saturated carbocycles. The van der Waals surface area contributed by atoms with Crippen molar-refractivity contribution in [3.63, 3.8) is 0 Å². The second-order valence-electron chi connectivity index (χ2n) is 7.75. The SMILES string of the molecule is CC[C@@H]1N[C@@H]2C[C@@]3(C(=O)N(OC)c4ccccc43)[C@H]3OC[C@H]2[C@H]1[C@H]3O. The number of fused-ring (bicyclic) bond motifs is 2. The zero-order chi connectivity index (χ0) is 17.3. The molecule has 134 valence electrons. The lowest BCUT2D eigenvalue weighted by Crippen LogP contribution is -2.59. The number of ether oxygens (including phenoxy) is 1. The first-order valence-corrected chi connectivity index (χ1v) is 9.17. The van der Waals surface area contributed by atoms with E-state index >= 15 is 0 Å². The molecule has 1 amide bonds. The van der Waals surface area contributed by atoms with E-state index in [1.54, 1.807) is 0 Å². The Bertz CT molecular complexity index is 725. The highest BCUT2D eigenvalue weighted by atomic mass is 16.7. The standard InChI is InChI=1S/C19H24N2O4/c1-3-12-15-10-9-25-17(16(15)22)19(8-13(10)20-12)11-6-4-5-7-14(11)21(24-2)18(19)23/h4-7,10,12-13,15-17,20,22H,3,8-9H2,1-2H3/t10-,12+,13-,15-,16-,17+,19+/m1/s1. The van der Waals surface area contributed by atoms with Crippen LogP contribution in [0.2, 0.25) is 0 Å². The molecule has 4 heterocycles. The van der Waals surface area contributed by atoms with Crippen LogP contribution in [0.1, 0.15) is 25.3 Å². The molecule has 5 aliphatic rings. The number of hydrogen-bond donors (Lipinski definition) is 2. The highest BCUT2D eigenvalue weighted by Gasteiger charge is 2.67. The van der Waals surface area contributed by atoms with Crippen LogP contribution in [-0.2, 0) is 19.8 Å². The van der Waals surface area contributed by atoms with Gasteiger partial charge in [0.2, 0.25) is 0 Å². The number of carbonyl (C=O) groups is 1. The van der Waals surface area contributed by atoms with Crippen LogP contribution >= 0.6 is 0 Å². The maximum Gasteiger partial charge on any atom is 0.264 e. The number of carbonyl (C=O) groups excluding carboxylic acids is 1. The molecule has 0 unspecified atom stereocenters. The first-order valence-electron chi connectivity index (χ1n) is 9.17. The van der Waals surface area contributed by atoms with Gasteiger partial charge in [0.1, 0.15) is 11.5 Å². The third kappa shape index (κ3) is 1.76. The Labute approximate surface area is 147 Å². The second-order valence-corrected chi connectivity index (χ2v) is 7.75. The number of aliphatic hydroxyl groups excluding tert-OH is 1. The first-order chi connectivity index (χ1) is 12.1. The fourth-order valence-electron chi connectivity index (χ4n) is 5.89. The molecule has 3 saturated heterocycles. The molecule has 1 aliphatic carbocycles. The summed E-state index contributed by atoms with van der Waals surface area (Å²) in [6.45, 7) is 2.75. The van der Waals surface area contributed by atoms with Crippen molar-refractivity contribution < 1.29 is 19.5 Å². The lowest BCUT2D eigenvalue weighted by Gasteiger charge is -2.43. The second kappa shape index (κ2) is 5.27. The third-order valence-corrected chi connectivity index (χ3v) is 6.90. The van der Waals surface area contributed by atoms with E-state index in [0.717, 1.165) is 17.7 Å². The van der Waals surface area contributed by atoms with Crippen molar-refractivity contribution >= 4 is 11.6 Å². The van der Waals surface area contributed by atoms with E-state index in [0.29, 0.717) is 19.1 Å². The van der Waals surface area contributed by atoms with E-state index in [1.807, 2.05) is 24.3 Å². The van der Waals surface area contributed by atoms with Gasteiger partial charge in [-0.15, -0.1) is 0 Å². The van der Waals surface area contributed by atoms with Gasteiger partial charge in [-0.1, -0.05) is 25.1 Å². The summed E-state index contributed by atoms with van der Waals surface area (Å²) in [6, 6.07) is 8.18. The molecular weight excluding hydrogens is 320 g/mol. The van der Waals surface area contributed by atoms with Gasteiger partial charge in [0.05, 0.1) is 25.5 Å². The molecule has 1 spiro atoms. The number of nitrogens with one attached hydrogen (secondary N) is 1. The number of para-hydroxylation sites is 1. The van der Waals surface area contributed by atoms with Gasteiger partial charge in [-0.05, 0) is 24.5 Å². The lowest BCUT2D eigenvalue weighted by atomic mass is 9.70. The zero-order valence-electron chi connectivity index (χ0n) is 14.5. The summed E-state index contributed by atoms with van der Waals surface area (Å²) in [5.74, 6) is 0.278. The average Bonchev–Trinajstić information content (AvgIpc) is 3.00. The Balaban J connectivity index is 1.69. The summed E-state index contributed by atoms with van der Waals surface area (Å²) < 4.78 is 6.15. The molecule has 1 aromatic carbocycles. The molecule has 4 fully saturated rings. The van der Waals surface area contributed by atoms with Gasteiger partial charge in [0.15, 0.2) is 0 Å². The Morgan fingerprint density at radius 3 is 3.00 bits per heavy atom. The summed E-state index contributed by atoms with van der Waals surface area (Å²) in [4.78, 5) is 18.9. The van der Waals surface area contributed by atoms with Crippen LogP contribution in [0, 0.1) is 11.8 Å². The maximum atomic E-state index is 13.5. The van der Waals surface area contributed by atoms with Crippen molar-refractivity contribution in [2.24, 2.45) is 11.8 Å². The normalized spacial score (nSPS) is 44.4. The molecule has 6 heteroatoms. The summed E-state index contributed by atoms with van der Waals surface area (Å²) in [5, 5.41) is 16.3. The number of hydroxylamine groups is 1. The number of benzene rings is 1. The third-order valence-electron chi connectivity index (χ3n) is 6.90. The van der Waals surface area contributed by atoms with Crippen molar-refractivity contribution in [1.29, 1.82) is 0 Å². The van der Waals surface area contributed by atoms with Crippen LogP contribution in [0.25, 0.3) is 0 Å². The summed E-state index contributed by atoms with van der Waals surface area (Å²) in [6.07, 6.45) is 0.437. The molecule has 25 heavy (non-hydrogen) atoms. The quantitative estimate of drug-likeness (QED) is 0.837. The van der Waals surface area contributed by atoms with E-state index in [1.165, 1.54) is 12.2 Å². The van der Waals surface area contributed by atoms with E-state index in [9.17, 15) is 9.90 Å². The van der Waals surface area contributed by atoms with Gasteiger partial charge in [0, 0.05) is 23.9 Å². The Morgan fingerprint density at radius 2 is 2.24 bits per heavy atom. The van der Waals surface area contributed by atoms with Crippen molar-refractivity contribution in [3.8, 4) is 0 Å². The van der Waals surface area contributed by atoms with E-state index < -0.39 is 17.6 Å². The molecule has 0 radical (unpaired) electrons. The van der Waals surface area contributed by atoms with Crippen molar-refractivity contribution in [3.05, 3.63) is 29.8 Å². The summed E-state index contributed by atoms with van der Waals surface area (Å²) >= 11 is 0. The predicted octanol–water partition coefficient (Wildman–Crippen LogP) is 0.979. The minimum Gasteiger partial charge on any atom is -0.390 e. The van der Waals surface area contributed by atoms with E-state index in [-0.39, 0.29) is 23.8 Å². The monoisotopic (exact) mass is 344 g/mol. The van der Waals surface area contributed by atoms with Crippen molar-refractivity contribution in [2.45, 2.75) is 49.5 Å². The minimum absolute atomic E-state index is 0.122. The Hall–Kier alpha value is -1.47. The number of anilines is 1. The topological polar surface area (TPSA) is 71.0 Å². The minimum atomic E-state index is -0.883. The highest BCUT2D eigenvalue weighted by molar-refractivity contribution is 6.07. The molecule has 0 aromatic heterocycles. The highest BCUT2D eigenvalue weighted by Crippen LogP contribution is 2.56. The van der Waals surface area contributed by atoms with Gasteiger partial charge in [-0.3, -0.25) is 9.63 Å². The van der Waals surface area contributed by atoms with Gasteiger partial charge in [-0.2, -0.15) is 5.06 Å². The van der Waals surface area contributed by atoms with E-state index in [2.05, 4.69) is 12.2 Å². The van der Waals surface area contributed by atoms with Crippen molar-refractivity contribution in [2.75, 3.05) is 18.8 Å². The van der Waals surface area contributed by atoms with Crippen LogP contribution in [0.15, 0.2) is 24.3 Å². The molecular formula is C19H24N2O4. The lowest BCUT2D eigenvalue weighted by molar-refractivity contribution is -0.159. The van der Waals surface area contributed by atoms with Gasteiger partial charge < -0.3 is 15.2 Å². The zero-order valence-corrected chi connectivity index (χ0v) is 14.5. The number of hydrogen-bond acceptors (Lipinski definition) is 5. The van der Waals surface area contributed by atoms with Crippen LogP contribution in [0.3, 0.4) is 0 Å². The van der Waals surface area contributed by atoms with Crippen LogP contribution in [0.5, 0.6) is 0 Å². The number of rotatable bonds is 2. The smallest absolute Gasteiger partial charge is 0.264 e. The van der Waals surface area contributed by atoms with Crippen molar-refractivity contribution in [1.82, 2.24) is 5.32 Å². The maximum absolute atomic E-state index is 13.5. The molecule has 6 rings (SSSR count). The summed E-state index contributed by atoms with van der Waals surface area (Å²) in [5.41, 5.74) is 0.791. The van der Waals surface area contributed by atoms with Crippen LogP contribution in [-0.4, -0.2) is 49.0 Å². The van der Waals surface area contributed by atoms with Crippen LogP contribution < -0.4 is 10.4 Å². The molecule has 6 nitrogen and oxygen atoms in total. The molecule has 7 atom stereocenters. The fraction of sp³-hybridized carbons (Fsp3) is 0.632. The van der Waals surface area contributed by atoms with Gasteiger partial charge >= 0.3 is 0 Å². The average molecular weight is 344 g/mol. The van der Waals surface area contributed by atoms with Crippen LogP contribution in [0.4, 0.5) is 5.69 Å². The number of aliphatic hydroxyl groups is 1. The fourth-order valence-corrected chi connectivity index (χ4v) is 5.89. The Morgan fingerprint density at radius 1 is 1.44 bits per heavy atom. The Kier molecular flexibility index (Phi) is 3.32. The predicted molar refractivity (Wildman–Crippen MR) is 91.0 cm³/mol. The number of amides is 1. The molecule has 4 aliphatic heterocycles. The van der Waals surface area contributed by atoms with E-state index in [4.69, 9.17) is 9.57 Å². The van der Waals surface area contributed by atoms with Gasteiger partial charge in [0.25, 0.3) is 5.91 Å². The molecule has 2 N–H and O–H groups in total. The molecule has 1 aromatic rings. The number of nitrogens with zero attached hydrogens (tertiary/aromatic N) is 1. The summed E-state index contributed by atoms with van der Waals surface area (Å²) in [7, 11) is 1.51.